The van der Waals surface area contributed by atoms with Gasteiger partial charge in [-0.25, -0.2) is 0 Å². The standard InChI is InChI=1S/C11H21NO3/c1-3-14-8-9-15-10(13)11(2)4-6-12-7-5-11/h12H,3-9H2,1-2H3. The first-order valence-corrected chi connectivity index (χ1v) is 5.65. The van der Waals surface area contributed by atoms with Gasteiger partial charge in [0.05, 0.1) is 12.0 Å². The van der Waals surface area contributed by atoms with E-state index in [-0.39, 0.29) is 11.4 Å². The van der Waals surface area contributed by atoms with E-state index in [0.717, 1.165) is 25.9 Å². The summed E-state index contributed by atoms with van der Waals surface area (Å²) in [5.74, 6) is -0.0799. The van der Waals surface area contributed by atoms with Crippen molar-refractivity contribution in [1.82, 2.24) is 5.32 Å². The van der Waals surface area contributed by atoms with E-state index in [9.17, 15) is 4.79 Å². The molecule has 4 nitrogen and oxygen atoms in total. The molecule has 0 aliphatic carbocycles. The second-order valence-electron chi connectivity index (χ2n) is 4.14. The van der Waals surface area contributed by atoms with Gasteiger partial charge in [-0.2, -0.15) is 0 Å². The van der Waals surface area contributed by atoms with E-state index >= 15 is 0 Å². The van der Waals surface area contributed by atoms with E-state index in [1.165, 1.54) is 0 Å². The van der Waals surface area contributed by atoms with Crippen LogP contribution >= 0.6 is 0 Å². The van der Waals surface area contributed by atoms with E-state index < -0.39 is 0 Å². The van der Waals surface area contributed by atoms with Gasteiger partial charge in [0.2, 0.25) is 0 Å². The van der Waals surface area contributed by atoms with Gasteiger partial charge in [0.15, 0.2) is 0 Å². The highest BCUT2D eigenvalue weighted by Gasteiger charge is 2.35. The van der Waals surface area contributed by atoms with Crippen LogP contribution in [-0.2, 0) is 14.3 Å². The number of hydrogen-bond donors (Lipinski definition) is 1. The summed E-state index contributed by atoms with van der Waals surface area (Å²) in [6, 6.07) is 0. The van der Waals surface area contributed by atoms with Crippen molar-refractivity contribution in [2.45, 2.75) is 26.7 Å². The maximum Gasteiger partial charge on any atom is 0.311 e. The van der Waals surface area contributed by atoms with Crippen molar-refractivity contribution in [3.8, 4) is 0 Å². The zero-order valence-electron chi connectivity index (χ0n) is 9.67. The van der Waals surface area contributed by atoms with Crippen molar-refractivity contribution in [3.63, 3.8) is 0 Å². The largest absolute Gasteiger partial charge is 0.463 e. The zero-order chi connectivity index (χ0) is 11.1. The van der Waals surface area contributed by atoms with Crippen molar-refractivity contribution >= 4 is 5.97 Å². The van der Waals surface area contributed by atoms with Crippen molar-refractivity contribution in [3.05, 3.63) is 0 Å². The van der Waals surface area contributed by atoms with Gasteiger partial charge in [-0.3, -0.25) is 4.79 Å². The van der Waals surface area contributed by atoms with Crippen LogP contribution in [-0.4, -0.2) is 38.9 Å². The fourth-order valence-electron chi connectivity index (χ4n) is 1.69. The van der Waals surface area contributed by atoms with E-state index in [4.69, 9.17) is 9.47 Å². The first-order valence-electron chi connectivity index (χ1n) is 5.65. The molecule has 0 spiro atoms. The Balaban J connectivity index is 2.25. The predicted octanol–water partition coefficient (Wildman–Crippen LogP) is 0.956. The number of carbonyl (C=O) groups excluding carboxylic acids is 1. The summed E-state index contributed by atoms with van der Waals surface area (Å²) >= 11 is 0. The van der Waals surface area contributed by atoms with Crippen molar-refractivity contribution in [2.75, 3.05) is 32.9 Å². The van der Waals surface area contributed by atoms with Gasteiger partial charge in [0.25, 0.3) is 0 Å². The Morgan fingerprint density at radius 2 is 2.00 bits per heavy atom. The number of hydrogen-bond acceptors (Lipinski definition) is 4. The summed E-state index contributed by atoms with van der Waals surface area (Å²) in [4.78, 5) is 11.8. The summed E-state index contributed by atoms with van der Waals surface area (Å²) in [7, 11) is 0. The monoisotopic (exact) mass is 215 g/mol. The first-order chi connectivity index (χ1) is 7.19. The number of rotatable bonds is 5. The van der Waals surface area contributed by atoms with E-state index in [1.807, 2.05) is 13.8 Å². The molecule has 1 fully saturated rings. The minimum Gasteiger partial charge on any atom is -0.463 e. The molecular formula is C11H21NO3. The molecule has 0 bridgehead atoms. The number of esters is 1. The van der Waals surface area contributed by atoms with Gasteiger partial charge >= 0.3 is 5.97 Å². The minimum atomic E-state index is -0.294. The molecule has 0 atom stereocenters. The fourth-order valence-corrected chi connectivity index (χ4v) is 1.69. The minimum absolute atomic E-state index is 0.0799. The van der Waals surface area contributed by atoms with Gasteiger partial charge < -0.3 is 14.8 Å². The van der Waals surface area contributed by atoms with Crippen LogP contribution < -0.4 is 5.32 Å². The van der Waals surface area contributed by atoms with Crippen molar-refractivity contribution in [1.29, 1.82) is 0 Å². The lowest BCUT2D eigenvalue weighted by molar-refractivity contribution is -0.158. The molecule has 1 aliphatic heterocycles. The van der Waals surface area contributed by atoms with E-state index in [0.29, 0.717) is 19.8 Å². The van der Waals surface area contributed by atoms with Crippen LogP contribution in [0.5, 0.6) is 0 Å². The van der Waals surface area contributed by atoms with Gasteiger partial charge in [-0.05, 0) is 39.8 Å². The number of carbonyl (C=O) groups is 1. The third-order valence-corrected chi connectivity index (χ3v) is 2.86. The van der Waals surface area contributed by atoms with Gasteiger partial charge in [0, 0.05) is 6.61 Å². The quantitative estimate of drug-likeness (QED) is 0.548. The second kappa shape index (κ2) is 6.08. The zero-order valence-corrected chi connectivity index (χ0v) is 9.67. The Morgan fingerprint density at radius 3 is 2.60 bits per heavy atom. The summed E-state index contributed by atoms with van der Waals surface area (Å²) in [6.45, 7) is 7.24. The fraction of sp³-hybridized carbons (Fsp3) is 0.909. The van der Waals surface area contributed by atoms with E-state index in [1.54, 1.807) is 0 Å². The van der Waals surface area contributed by atoms with Gasteiger partial charge in [-0.15, -0.1) is 0 Å². The lowest BCUT2D eigenvalue weighted by Crippen LogP contribution is -2.41. The molecule has 1 saturated heterocycles. The molecule has 1 rings (SSSR count). The molecular weight excluding hydrogens is 194 g/mol. The second-order valence-corrected chi connectivity index (χ2v) is 4.14. The Bertz CT molecular complexity index is 200. The molecule has 0 unspecified atom stereocenters. The number of ether oxygens (including phenoxy) is 2. The summed E-state index contributed by atoms with van der Waals surface area (Å²) in [5.41, 5.74) is -0.294. The highest BCUT2D eigenvalue weighted by molar-refractivity contribution is 5.76. The molecule has 0 amide bonds. The average Bonchev–Trinajstić information content (AvgIpc) is 2.25. The molecule has 88 valence electrons. The molecule has 0 aromatic heterocycles. The van der Waals surface area contributed by atoms with E-state index in [2.05, 4.69) is 5.32 Å². The molecule has 0 aromatic rings. The first kappa shape index (κ1) is 12.5. The maximum absolute atomic E-state index is 11.8. The summed E-state index contributed by atoms with van der Waals surface area (Å²) in [5, 5.41) is 3.24. The van der Waals surface area contributed by atoms with Gasteiger partial charge in [0.1, 0.15) is 6.61 Å². The van der Waals surface area contributed by atoms with Crippen LogP contribution in [0.4, 0.5) is 0 Å². The third-order valence-electron chi connectivity index (χ3n) is 2.86. The number of nitrogens with one attached hydrogen (secondary N) is 1. The third kappa shape index (κ3) is 3.80. The average molecular weight is 215 g/mol. The molecule has 0 radical (unpaired) electrons. The summed E-state index contributed by atoms with van der Waals surface area (Å²) in [6.07, 6.45) is 1.72. The smallest absolute Gasteiger partial charge is 0.311 e. The molecule has 0 aromatic carbocycles. The maximum atomic E-state index is 11.8. The molecule has 1 heterocycles. The SMILES string of the molecule is CCOCCOC(=O)C1(C)CCNCC1. The molecule has 1 aliphatic rings. The predicted molar refractivity (Wildman–Crippen MR) is 57.7 cm³/mol. The highest BCUT2D eigenvalue weighted by atomic mass is 16.6. The van der Waals surface area contributed by atoms with Crippen LogP contribution in [0.3, 0.4) is 0 Å². The van der Waals surface area contributed by atoms with Crippen LogP contribution in [0.15, 0.2) is 0 Å². The molecule has 15 heavy (non-hydrogen) atoms. The molecule has 0 saturated carbocycles. The Labute approximate surface area is 91.3 Å². The van der Waals surface area contributed by atoms with Crippen molar-refractivity contribution in [2.24, 2.45) is 5.41 Å². The number of piperidine rings is 1. The van der Waals surface area contributed by atoms with Crippen LogP contribution in [0.25, 0.3) is 0 Å². The lowest BCUT2D eigenvalue weighted by Gasteiger charge is -2.31. The van der Waals surface area contributed by atoms with Crippen LogP contribution in [0, 0.1) is 5.41 Å². The Kier molecular flexibility index (Phi) is 5.05. The molecule has 1 N–H and O–H groups in total. The summed E-state index contributed by atoms with van der Waals surface area (Å²) < 4.78 is 10.3. The van der Waals surface area contributed by atoms with Crippen LogP contribution in [0.1, 0.15) is 26.7 Å². The van der Waals surface area contributed by atoms with Gasteiger partial charge in [-0.1, -0.05) is 0 Å². The normalized spacial score (nSPS) is 19.9. The lowest BCUT2D eigenvalue weighted by atomic mass is 9.81. The Morgan fingerprint density at radius 1 is 1.33 bits per heavy atom. The topological polar surface area (TPSA) is 47.6 Å². The van der Waals surface area contributed by atoms with Crippen molar-refractivity contribution < 1.29 is 14.3 Å². The van der Waals surface area contributed by atoms with Crippen LogP contribution in [0.2, 0.25) is 0 Å². The molecule has 4 heteroatoms. The highest BCUT2D eigenvalue weighted by Crippen LogP contribution is 2.29. The Hall–Kier alpha value is -0.610.